The summed E-state index contributed by atoms with van der Waals surface area (Å²) in [6, 6.07) is 7.39. The van der Waals surface area contributed by atoms with Crippen LogP contribution in [0.1, 0.15) is 55.2 Å². The maximum Gasteiger partial charge on any atom is 0.410 e. The van der Waals surface area contributed by atoms with E-state index >= 15 is 0 Å². The van der Waals surface area contributed by atoms with Gasteiger partial charge in [-0.15, -0.1) is 0 Å². The van der Waals surface area contributed by atoms with E-state index < -0.39 is 5.60 Å². The number of rotatable bonds is 6. The molecule has 2 aliphatic rings. The number of fused-ring (bicyclic) bond motifs is 1. The van der Waals surface area contributed by atoms with Gasteiger partial charge in [0.05, 0.1) is 29.2 Å². The third-order valence-electron chi connectivity index (χ3n) is 6.98. The Balaban J connectivity index is 1.46. The monoisotopic (exact) mass is 551 g/mol. The molecule has 9 nitrogen and oxygen atoms in total. The molecule has 2 amide bonds. The first-order chi connectivity index (χ1) is 18.6. The van der Waals surface area contributed by atoms with Gasteiger partial charge in [-0.3, -0.25) is 9.78 Å². The first kappa shape index (κ1) is 26.9. The number of aromatic amines is 1. The first-order valence-electron chi connectivity index (χ1n) is 13.2. The lowest BCUT2D eigenvalue weighted by Gasteiger charge is -2.28. The number of amides is 2. The van der Waals surface area contributed by atoms with Crippen LogP contribution in [0.4, 0.5) is 16.2 Å². The van der Waals surface area contributed by atoms with Crippen molar-refractivity contribution in [2.75, 3.05) is 25.0 Å². The minimum Gasteiger partial charge on any atom is -0.489 e. The number of hydrogen-bond donors (Lipinski definition) is 3. The van der Waals surface area contributed by atoms with Crippen LogP contribution in [0.3, 0.4) is 0 Å². The van der Waals surface area contributed by atoms with E-state index in [1.807, 2.05) is 52.0 Å². The van der Waals surface area contributed by atoms with Crippen LogP contribution >= 0.6 is 11.6 Å². The number of anilines is 2. The predicted molar refractivity (Wildman–Crippen MR) is 151 cm³/mol. The molecule has 1 saturated heterocycles. The van der Waals surface area contributed by atoms with E-state index in [1.165, 1.54) is 0 Å². The van der Waals surface area contributed by atoms with Crippen molar-refractivity contribution in [2.24, 2.45) is 0 Å². The van der Waals surface area contributed by atoms with Crippen LogP contribution in [0, 0.1) is 6.92 Å². The number of carbonyl (C=O) groups is 2. The van der Waals surface area contributed by atoms with Crippen LogP contribution in [-0.4, -0.2) is 58.2 Å². The number of nitrogens with zero attached hydrogens (tertiary/aromatic N) is 2. The van der Waals surface area contributed by atoms with Crippen molar-refractivity contribution in [3.05, 3.63) is 58.5 Å². The number of nitrogens with one attached hydrogen (secondary N) is 3. The lowest BCUT2D eigenvalue weighted by atomic mass is 10.0. The second-order valence-corrected chi connectivity index (χ2v) is 11.3. The van der Waals surface area contributed by atoms with E-state index in [0.29, 0.717) is 48.1 Å². The summed E-state index contributed by atoms with van der Waals surface area (Å²) in [4.78, 5) is 35.3. The minimum atomic E-state index is -0.564. The van der Waals surface area contributed by atoms with Crippen LogP contribution in [0.15, 0.2) is 36.7 Å². The highest BCUT2D eigenvalue weighted by Crippen LogP contribution is 2.41. The molecule has 2 aliphatic heterocycles. The summed E-state index contributed by atoms with van der Waals surface area (Å²) < 4.78 is 11.9. The van der Waals surface area contributed by atoms with Crippen molar-refractivity contribution in [3.8, 4) is 17.0 Å². The van der Waals surface area contributed by atoms with Crippen molar-refractivity contribution < 1.29 is 19.1 Å². The van der Waals surface area contributed by atoms with Crippen LogP contribution in [0.5, 0.6) is 5.75 Å². The zero-order valence-electron chi connectivity index (χ0n) is 22.7. The van der Waals surface area contributed by atoms with Gasteiger partial charge >= 0.3 is 6.09 Å². The molecule has 39 heavy (non-hydrogen) atoms. The Morgan fingerprint density at radius 1 is 1.28 bits per heavy atom. The molecule has 3 aromatic rings. The molecule has 4 heterocycles. The average molecular weight is 552 g/mol. The first-order valence-corrected chi connectivity index (χ1v) is 13.6. The Kier molecular flexibility index (Phi) is 7.44. The maximum absolute atomic E-state index is 13.0. The molecular weight excluding hydrogens is 518 g/mol. The summed E-state index contributed by atoms with van der Waals surface area (Å²) >= 11 is 6.39. The summed E-state index contributed by atoms with van der Waals surface area (Å²) in [5, 5.41) is 7.04. The third-order valence-corrected chi connectivity index (χ3v) is 7.39. The molecule has 5 rings (SSSR count). The van der Waals surface area contributed by atoms with E-state index in [9.17, 15) is 9.59 Å². The van der Waals surface area contributed by atoms with E-state index in [2.05, 4.69) is 20.6 Å². The fourth-order valence-corrected chi connectivity index (χ4v) is 5.22. The fourth-order valence-electron chi connectivity index (χ4n) is 5.04. The molecule has 2 aromatic heterocycles. The Bertz CT molecular complexity index is 1400. The summed E-state index contributed by atoms with van der Waals surface area (Å²) in [5.41, 5.74) is 4.69. The average Bonchev–Trinajstić information content (AvgIpc) is 3.50. The summed E-state index contributed by atoms with van der Waals surface area (Å²) in [6.45, 7) is 9.01. The zero-order valence-corrected chi connectivity index (χ0v) is 23.4. The number of aromatic nitrogens is 2. The molecule has 0 spiro atoms. The van der Waals surface area contributed by atoms with Crippen LogP contribution in [-0.2, 0) is 11.2 Å². The van der Waals surface area contributed by atoms with Gasteiger partial charge in [-0.25, -0.2) is 4.79 Å². The molecule has 0 unspecified atom stereocenters. The molecule has 1 aromatic carbocycles. The second-order valence-electron chi connectivity index (χ2n) is 10.9. The van der Waals surface area contributed by atoms with Crippen LogP contribution in [0.25, 0.3) is 11.3 Å². The van der Waals surface area contributed by atoms with Gasteiger partial charge < -0.3 is 30.0 Å². The van der Waals surface area contributed by atoms with Crippen molar-refractivity contribution in [2.45, 2.75) is 58.6 Å². The zero-order chi connectivity index (χ0) is 27.7. The van der Waals surface area contributed by atoms with Gasteiger partial charge in [0.25, 0.3) is 5.91 Å². The highest BCUT2D eigenvalue weighted by Gasteiger charge is 2.33. The predicted octanol–water partition coefficient (Wildman–Crippen LogP) is 5.85. The molecule has 0 bridgehead atoms. The van der Waals surface area contributed by atoms with Crippen molar-refractivity contribution in [1.29, 1.82) is 0 Å². The van der Waals surface area contributed by atoms with Gasteiger partial charge in [0, 0.05) is 47.7 Å². The number of ether oxygens (including phenoxy) is 2. The lowest BCUT2D eigenvalue weighted by Crippen LogP contribution is -2.42. The van der Waals surface area contributed by atoms with Crippen molar-refractivity contribution >= 4 is 35.0 Å². The van der Waals surface area contributed by atoms with Crippen molar-refractivity contribution in [3.63, 3.8) is 0 Å². The molecule has 3 N–H and O–H groups in total. The van der Waals surface area contributed by atoms with Gasteiger partial charge in [-0.05, 0) is 64.3 Å². The van der Waals surface area contributed by atoms with Crippen LogP contribution < -0.4 is 15.4 Å². The lowest BCUT2D eigenvalue weighted by molar-refractivity contribution is 0.0187. The fraction of sp³-hybridized carbons (Fsp3) is 0.414. The Morgan fingerprint density at radius 3 is 2.90 bits per heavy atom. The summed E-state index contributed by atoms with van der Waals surface area (Å²) in [6.07, 6.45) is 5.42. The standard InChI is InChI=1S/C29H34ClN5O4/c1-17-20(30)8-5-9-21(17)33-26-24-22(11-13-32-27(24)36)34-25(26)19-10-12-31-15-23(19)38-16-18-7-6-14-35(18)28(37)39-29(2,3)4/h5,8-10,12,15,18,33-34H,6-7,11,13-14,16H2,1-4H3,(H,32,36)/t18-/m0/s1. The maximum atomic E-state index is 13.0. The highest BCUT2D eigenvalue weighted by atomic mass is 35.5. The van der Waals surface area contributed by atoms with Gasteiger partial charge in [0.2, 0.25) is 0 Å². The number of H-pyrrole nitrogens is 1. The number of likely N-dealkylation sites (tertiary alicyclic amines) is 1. The molecule has 0 radical (unpaired) electrons. The van der Waals surface area contributed by atoms with Crippen LogP contribution in [0.2, 0.25) is 5.02 Å². The number of carbonyl (C=O) groups excluding carboxylic acids is 2. The Labute approximate surface area is 233 Å². The topological polar surface area (TPSA) is 109 Å². The minimum absolute atomic E-state index is 0.109. The van der Waals surface area contributed by atoms with Crippen molar-refractivity contribution in [1.82, 2.24) is 20.2 Å². The molecule has 0 aliphatic carbocycles. The van der Waals surface area contributed by atoms with Gasteiger partial charge in [-0.2, -0.15) is 0 Å². The van der Waals surface area contributed by atoms with Gasteiger partial charge in [0.1, 0.15) is 18.0 Å². The molecule has 0 saturated carbocycles. The summed E-state index contributed by atoms with van der Waals surface area (Å²) in [5.74, 6) is 0.412. The molecule has 1 atom stereocenters. The number of pyridine rings is 1. The molecule has 10 heteroatoms. The van der Waals surface area contributed by atoms with E-state index in [1.54, 1.807) is 17.3 Å². The molecule has 1 fully saturated rings. The second kappa shape index (κ2) is 10.8. The largest absolute Gasteiger partial charge is 0.489 e. The normalized spacial score (nSPS) is 17.0. The Hall–Kier alpha value is -3.72. The van der Waals surface area contributed by atoms with Gasteiger partial charge in [-0.1, -0.05) is 17.7 Å². The third kappa shape index (κ3) is 5.68. The molecular formula is C29H34ClN5O4. The van der Waals surface area contributed by atoms with E-state index in [0.717, 1.165) is 41.0 Å². The van der Waals surface area contributed by atoms with Gasteiger partial charge in [0.15, 0.2) is 0 Å². The van der Waals surface area contributed by atoms with E-state index in [-0.39, 0.29) is 18.0 Å². The number of halogens is 1. The SMILES string of the molecule is Cc1c(Cl)cccc1Nc1c(-c2ccncc2OC[C@@H]2CCCN2C(=O)OC(C)(C)C)[nH]c2c1C(=O)NCC2. The van der Waals surface area contributed by atoms with E-state index in [4.69, 9.17) is 21.1 Å². The quantitative estimate of drug-likeness (QED) is 0.355. The highest BCUT2D eigenvalue weighted by molar-refractivity contribution is 6.31. The molecule has 206 valence electrons. The number of benzene rings is 1. The summed E-state index contributed by atoms with van der Waals surface area (Å²) in [7, 11) is 0. The smallest absolute Gasteiger partial charge is 0.410 e. The number of hydrogen-bond acceptors (Lipinski definition) is 6. The Morgan fingerprint density at radius 2 is 2.10 bits per heavy atom.